The van der Waals surface area contributed by atoms with Gasteiger partial charge in [0, 0.05) is 25.0 Å². The monoisotopic (exact) mass is 377 g/mol. The number of likely N-dealkylation sites (N-methyl/N-ethyl adjacent to an activating group) is 1. The van der Waals surface area contributed by atoms with E-state index in [9.17, 15) is 10.1 Å². The Morgan fingerprint density at radius 1 is 1.32 bits per heavy atom. The summed E-state index contributed by atoms with van der Waals surface area (Å²) < 4.78 is 5.16. The van der Waals surface area contributed by atoms with Crippen LogP contribution in [0.4, 0.5) is 4.79 Å². The van der Waals surface area contributed by atoms with Gasteiger partial charge in [-0.3, -0.25) is 0 Å². The van der Waals surface area contributed by atoms with Crippen LogP contribution in [0.15, 0.2) is 34.7 Å². The highest BCUT2D eigenvalue weighted by atomic mass is 35.7. The van der Waals surface area contributed by atoms with Crippen molar-refractivity contribution in [3.8, 4) is 6.07 Å². The Labute approximate surface area is 156 Å². The molecule has 2 aliphatic heterocycles. The van der Waals surface area contributed by atoms with Gasteiger partial charge in [0.25, 0.3) is 0 Å². The lowest BCUT2D eigenvalue weighted by atomic mass is 9.94. The van der Waals surface area contributed by atoms with Crippen LogP contribution in [-0.4, -0.2) is 55.2 Å². The highest BCUT2D eigenvalue weighted by molar-refractivity contribution is 8.21. The molecule has 0 bridgehead atoms. The second kappa shape index (κ2) is 8.13. The third-order valence-electron chi connectivity index (χ3n) is 4.80. The zero-order valence-corrected chi connectivity index (χ0v) is 15.6. The Hall–Kier alpha value is -1.68. The van der Waals surface area contributed by atoms with Crippen molar-refractivity contribution in [1.29, 1.82) is 5.26 Å². The molecule has 0 unspecified atom stereocenters. The van der Waals surface area contributed by atoms with Crippen molar-refractivity contribution in [2.24, 2.45) is 0 Å². The summed E-state index contributed by atoms with van der Waals surface area (Å²) in [5.41, 5.74) is 2.75. The molecular weight excluding hydrogens is 358 g/mol. The molecule has 2 amide bonds. The SMILES string of the molecule is CN(C(=O)N1CCC(=C(C#N)c2ccc(SCl)cc2)CC1)C1COC1. The van der Waals surface area contributed by atoms with Gasteiger partial charge < -0.3 is 14.5 Å². The van der Waals surface area contributed by atoms with Gasteiger partial charge in [0.15, 0.2) is 0 Å². The summed E-state index contributed by atoms with van der Waals surface area (Å²) in [4.78, 5) is 17.1. The number of ether oxygens (including phenoxy) is 1. The number of carbonyl (C=O) groups excluding carboxylic acids is 1. The van der Waals surface area contributed by atoms with Crippen LogP contribution < -0.4 is 0 Å². The number of halogens is 1. The third kappa shape index (κ3) is 3.95. The van der Waals surface area contributed by atoms with Crippen molar-refractivity contribution in [1.82, 2.24) is 9.80 Å². The Bertz CT molecular complexity index is 700. The maximum absolute atomic E-state index is 12.5. The number of rotatable bonds is 3. The summed E-state index contributed by atoms with van der Waals surface area (Å²) >= 11 is 0. The average molecular weight is 378 g/mol. The predicted octanol–water partition coefficient (Wildman–Crippen LogP) is 3.76. The number of nitrogens with zero attached hydrogens (tertiary/aromatic N) is 3. The van der Waals surface area contributed by atoms with Gasteiger partial charge in [-0.05, 0) is 57.8 Å². The Kier molecular flexibility index (Phi) is 5.89. The molecule has 132 valence electrons. The van der Waals surface area contributed by atoms with Gasteiger partial charge in [0.1, 0.15) is 0 Å². The average Bonchev–Trinajstić information content (AvgIpc) is 2.61. The molecular formula is C18H20ClN3O2S. The number of allylic oxidation sites excluding steroid dienone is 1. The smallest absolute Gasteiger partial charge is 0.320 e. The van der Waals surface area contributed by atoms with Crippen molar-refractivity contribution in [2.75, 3.05) is 33.4 Å². The molecule has 5 nitrogen and oxygen atoms in total. The molecule has 3 rings (SSSR count). The molecule has 0 aliphatic carbocycles. The van der Waals surface area contributed by atoms with Crippen LogP contribution in [0.2, 0.25) is 0 Å². The van der Waals surface area contributed by atoms with E-state index in [0.717, 1.165) is 45.4 Å². The summed E-state index contributed by atoms with van der Waals surface area (Å²) in [6.07, 6.45) is 1.46. The van der Waals surface area contributed by atoms with Crippen LogP contribution in [0.25, 0.3) is 5.57 Å². The fourth-order valence-electron chi connectivity index (χ4n) is 3.06. The van der Waals surface area contributed by atoms with Crippen molar-refractivity contribution < 1.29 is 9.53 Å². The minimum atomic E-state index is 0.0503. The quantitative estimate of drug-likeness (QED) is 0.752. The van der Waals surface area contributed by atoms with Crippen LogP contribution in [0.3, 0.4) is 0 Å². The second-order valence-corrected chi connectivity index (χ2v) is 7.35. The molecule has 2 fully saturated rings. The van der Waals surface area contributed by atoms with Crippen molar-refractivity contribution in [2.45, 2.75) is 23.8 Å². The molecule has 25 heavy (non-hydrogen) atoms. The van der Waals surface area contributed by atoms with E-state index in [0.29, 0.717) is 26.3 Å². The first-order valence-electron chi connectivity index (χ1n) is 8.24. The summed E-state index contributed by atoms with van der Waals surface area (Å²) in [6.45, 7) is 2.53. The second-order valence-electron chi connectivity index (χ2n) is 6.26. The molecule has 7 heteroatoms. The summed E-state index contributed by atoms with van der Waals surface area (Å²) in [5.74, 6) is 0. The standard InChI is InChI=1S/C18H20ClN3O2S/c1-21(15-11-24-12-15)18(23)22-8-6-14(7-9-22)17(10-20)13-2-4-16(25-19)5-3-13/h2-5,15H,6-9,11-12H2,1H3. The Morgan fingerprint density at radius 3 is 2.44 bits per heavy atom. The van der Waals surface area contributed by atoms with Gasteiger partial charge in [-0.25, -0.2) is 4.79 Å². The number of urea groups is 1. The van der Waals surface area contributed by atoms with Gasteiger partial charge in [-0.1, -0.05) is 12.1 Å². The maximum atomic E-state index is 12.5. The van der Waals surface area contributed by atoms with Crippen molar-refractivity contribution in [3.63, 3.8) is 0 Å². The summed E-state index contributed by atoms with van der Waals surface area (Å²) in [5, 5.41) is 9.59. The van der Waals surface area contributed by atoms with Crippen molar-refractivity contribution >= 4 is 33.3 Å². The first-order valence-corrected chi connectivity index (χ1v) is 9.89. The lowest BCUT2D eigenvalue weighted by Gasteiger charge is -2.39. The van der Waals surface area contributed by atoms with E-state index in [-0.39, 0.29) is 12.1 Å². The topological polar surface area (TPSA) is 56.6 Å². The van der Waals surface area contributed by atoms with E-state index in [4.69, 9.17) is 15.4 Å². The normalized spacial score (nSPS) is 17.6. The van der Waals surface area contributed by atoms with Crippen LogP contribution in [0.5, 0.6) is 0 Å². The number of nitriles is 1. The molecule has 0 N–H and O–H groups in total. The van der Waals surface area contributed by atoms with Gasteiger partial charge in [0.05, 0.1) is 30.9 Å². The van der Waals surface area contributed by atoms with E-state index < -0.39 is 0 Å². The number of piperidine rings is 1. The van der Waals surface area contributed by atoms with Crippen LogP contribution >= 0.6 is 21.7 Å². The molecule has 0 atom stereocenters. The molecule has 1 aromatic carbocycles. The van der Waals surface area contributed by atoms with Crippen molar-refractivity contribution in [3.05, 3.63) is 35.4 Å². The molecule has 2 saturated heterocycles. The first-order chi connectivity index (χ1) is 12.1. The summed E-state index contributed by atoms with van der Waals surface area (Å²) in [7, 11) is 8.73. The third-order valence-corrected chi connectivity index (χ3v) is 5.79. The van der Waals surface area contributed by atoms with E-state index in [1.54, 1.807) is 4.90 Å². The van der Waals surface area contributed by atoms with Gasteiger partial charge in [-0.15, -0.1) is 0 Å². The first kappa shape index (κ1) is 18.1. The Morgan fingerprint density at radius 2 is 1.96 bits per heavy atom. The largest absolute Gasteiger partial charge is 0.377 e. The van der Waals surface area contributed by atoms with Gasteiger partial charge in [-0.2, -0.15) is 5.26 Å². The number of benzene rings is 1. The minimum Gasteiger partial charge on any atom is -0.377 e. The fourth-order valence-corrected chi connectivity index (χ4v) is 3.61. The highest BCUT2D eigenvalue weighted by Crippen LogP contribution is 2.29. The lowest BCUT2D eigenvalue weighted by molar-refractivity contribution is -0.0461. The Balaban J connectivity index is 1.67. The van der Waals surface area contributed by atoms with Crippen LogP contribution in [0.1, 0.15) is 18.4 Å². The predicted molar refractivity (Wildman–Crippen MR) is 99.3 cm³/mol. The maximum Gasteiger partial charge on any atom is 0.320 e. The number of hydrogen-bond acceptors (Lipinski definition) is 4. The summed E-state index contributed by atoms with van der Waals surface area (Å²) in [6, 6.07) is 10.3. The fraction of sp³-hybridized carbons (Fsp3) is 0.444. The van der Waals surface area contributed by atoms with Gasteiger partial charge >= 0.3 is 6.03 Å². The molecule has 1 aromatic rings. The molecule has 2 heterocycles. The molecule has 0 aromatic heterocycles. The van der Waals surface area contributed by atoms with Crippen LogP contribution in [-0.2, 0) is 4.74 Å². The number of likely N-dealkylation sites (tertiary alicyclic amines) is 1. The lowest BCUT2D eigenvalue weighted by Crippen LogP contribution is -2.54. The van der Waals surface area contributed by atoms with Crippen LogP contribution in [0, 0.1) is 11.3 Å². The molecule has 0 saturated carbocycles. The minimum absolute atomic E-state index is 0.0503. The van der Waals surface area contributed by atoms with E-state index >= 15 is 0 Å². The van der Waals surface area contributed by atoms with E-state index in [1.165, 1.54) is 0 Å². The highest BCUT2D eigenvalue weighted by Gasteiger charge is 2.31. The van der Waals surface area contributed by atoms with E-state index in [2.05, 4.69) is 6.07 Å². The van der Waals surface area contributed by atoms with Gasteiger partial charge in [0.2, 0.25) is 0 Å². The number of amides is 2. The molecule has 0 spiro atoms. The van der Waals surface area contributed by atoms with E-state index in [1.807, 2.05) is 36.2 Å². The number of carbonyl (C=O) groups is 1. The molecule has 2 aliphatic rings. The number of hydrogen-bond donors (Lipinski definition) is 0. The zero-order chi connectivity index (χ0) is 17.8. The molecule has 0 radical (unpaired) electrons. The zero-order valence-electron chi connectivity index (χ0n) is 14.1.